The fourth-order valence-corrected chi connectivity index (χ4v) is 2.04. The van der Waals surface area contributed by atoms with Crippen molar-refractivity contribution in [2.75, 3.05) is 5.73 Å². The van der Waals surface area contributed by atoms with Crippen molar-refractivity contribution >= 4 is 17.3 Å². The van der Waals surface area contributed by atoms with Crippen LogP contribution in [-0.4, -0.2) is 0 Å². The molecule has 0 amide bonds. The van der Waals surface area contributed by atoms with Gasteiger partial charge in [-0.2, -0.15) is 0 Å². The van der Waals surface area contributed by atoms with Crippen molar-refractivity contribution in [2.24, 2.45) is 0 Å². The Kier molecular flexibility index (Phi) is 3.48. The van der Waals surface area contributed by atoms with Gasteiger partial charge in [0, 0.05) is 0 Å². The predicted molar refractivity (Wildman–Crippen MR) is 76.6 cm³/mol. The summed E-state index contributed by atoms with van der Waals surface area (Å²) in [6.45, 7) is 6.09. The number of hydrogen-bond donors (Lipinski definition) is 1. The zero-order valence-electron chi connectivity index (χ0n) is 10.8. The fraction of sp³-hybridized carbons (Fsp3) is 0.200. The minimum Gasteiger partial charge on any atom is -0.453 e. The summed E-state index contributed by atoms with van der Waals surface area (Å²) in [5, 5.41) is 0.523. The fourth-order valence-electron chi connectivity index (χ4n) is 1.82. The zero-order valence-corrected chi connectivity index (χ0v) is 11.5. The van der Waals surface area contributed by atoms with Gasteiger partial charge < -0.3 is 10.5 Å². The van der Waals surface area contributed by atoms with E-state index >= 15 is 0 Å². The van der Waals surface area contributed by atoms with Crippen LogP contribution in [0.3, 0.4) is 0 Å². The molecule has 3 heteroatoms. The molecule has 2 rings (SSSR count). The maximum Gasteiger partial charge on any atom is 0.168 e. The second-order valence-electron chi connectivity index (χ2n) is 4.41. The third-order valence-corrected chi connectivity index (χ3v) is 3.37. The van der Waals surface area contributed by atoms with Crippen LogP contribution < -0.4 is 10.5 Å². The molecule has 94 valence electrons. The predicted octanol–water partition coefficient (Wildman–Crippen LogP) is 4.64. The quantitative estimate of drug-likeness (QED) is 0.800. The third-order valence-electron chi connectivity index (χ3n) is 3.08. The SMILES string of the molecule is Cc1ccc(C)c(Oc2c(N)cccc2Cl)c1C. The normalized spacial score (nSPS) is 10.4. The maximum atomic E-state index is 6.12. The number of anilines is 1. The summed E-state index contributed by atoms with van der Waals surface area (Å²) in [4.78, 5) is 0. The molecule has 2 aromatic carbocycles. The molecule has 0 aliphatic heterocycles. The van der Waals surface area contributed by atoms with E-state index in [0.29, 0.717) is 16.5 Å². The van der Waals surface area contributed by atoms with Crippen LogP contribution in [0.1, 0.15) is 16.7 Å². The van der Waals surface area contributed by atoms with Gasteiger partial charge in [-0.1, -0.05) is 29.8 Å². The second-order valence-corrected chi connectivity index (χ2v) is 4.82. The minimum atomic E-state index is 0.523. The van der Waals surface area contributed by atoms with Gasteiger partial charge in [-0.3, -0.25) is 0 Å². The van der Waals surface area contributed by atoms with Crippen LogP contribution in [0.4, 0.5) is 5.69 Å². The number of aryl methyl sites for hydroxylation is 2. The average molecular weight is 262 g/mol. The largest absolute Gasteiger partial charge is 0.453 e. The first-order valence-electron chi connectivity index (χ1n) is 5.79. The number of benzene rings is 2. The number of nitrogens with two attached hydrogens (primary N) is 1. The van der Waals surface area contributed by atoms with E-state index in [-0.39, 0.29) is 0 Å². The highest BCUT2D eigenvalue weighted by molar-refractivity contribution is 6.32. The molecule has 0 aliphatic carbocycles. The smallest absolute Gasteiger partial charge is 0.168 e. The second kappa shape index (κ2) is 4.91. The molecule has 0 saturated carbocycles. The van der Waals surface area contributed by atoms with Gasteiger partial charge >= 0.3 is 0 Å². The Bertz CT molecular complexity index is 573. The summed E-state index contributed by atoms with van der Waals surface area (Å²) in [6, 6.07) is 9.47. The van der Waals surface area contributed by atoms with Crippen molar-refractivity contribution in [1.29, 1.82) is 0 Å². The summed E-state index contributed by atoms with van der Waals surface area (Å²) in [5.41, 5.74) is 9.80. The maximum absolute atomic E-state index is 6.12. The van der Waals surface area contributed by atoms with Crippen LogP contribution in [0.25, 0.3) is 0 Å². The molecule has 0 atom stereocenters. The van der Waals surface area contributed by atoms with Crippen molar-refractivity contribution in [3.8, 4) is 11.5 Å². The topological polar surface area (TPSA) is 35.2 Å². The first-order chi connectivity index (χ1) is 8.50. The van der Waals surface area contributed by atoms with Crippen molar-refractivity contribution in [1.82, 2.24) is 0 Å². The first kappa shape index (κ1) is 12.8. The van der Waals surface area contributed by atoms with Gasteiger partial charge in [0.15, 0.2) is 5.75 Å². The van der Waals surface area contributed by atoms with Gasteiger partial charge in [0.2, 0.25) is 0 Å². The van der Waals surface area contributed by atoms with E-state index in [1.54, 1.807) is 18.2 Å². The molecular formula is C15H16ClNO. The number of para-hydroxylation sites is 1. The van der Waals surface area contributed by atoms with Crippen molar-refractivity contribution < 1.29 is 4.74 Å². The number of hydrogen-bond acceptors (Lipinski definition) is 2. The lowest BCUT2D eigenvalue weighted by Crippen LogP contribution is -1.97. The Hall–Kier alpha value is -1.67. The molecule has 0 bridgehead atoms. The average Bonchev–Trinajstić information content (AvgIpc) is 2.33. The molecule has 2 nitrogen and oxygen atoms in total. The van der Waals surface area contributed by atoms with Gasteiger partial charge in [0.25, 0.3) is 0 Å². The molecule has 0 heterocycles. The molecule has 0 unspecified atom stereocenters. The van der Waals surface area contributed by atoms with E-state index < -0.39 is 0 Å². The van der Waals surface area contributed by atoms with Gasteiger partial charge in [-0.15, -0.1) is 0 Å². The standard InChI is InChI=1S/C15H16ClNO/c1-9-7-8-10(2)14(11(9)3)18-15-12(16)5-4-6-13(15)17/h4-8H,17H2,1-3H3. The first-order valence-corrected chi connectivity index (χ1v) is 6.17. The minimum absolute atomic E-state index is 0.523. The molecule has 18 heavy (non-hydrogen) atoms. The number of halogens is 1. The number of rotatable bonds is 2. The van der Waals surface area contributed by atoms with Crippen molar-refractivity contribution in [3.63, 3.8) is 0 Å². The molecule has 2 N–H and O–H groups in total. The Balaban J connectivity index is 2.50. The Morgan fingerprint density at radius 2 is 1.61 bits per heavy atom. The lowest BCUT2D eigenvalue weighted by atomic mass is 10.1. The van der Waals surface area contributed by atoms with E-state index in [2.05, 4.69) is 13.0 Å². The van der Waals surface area contributed by atoms with Crippen molar-refractivity contribution in [3.05, 3.63) is 52.0 Å². The van der Waals surface area contributed by atoms with Gasteiger partial charge in [-0.05, 0) is 49.6 Å². The summed E-state index contributed by atoms with van der Waals surface area (Å²) in [6.07, 6.45) is 0. The molecule has 0 radical (unpaired) electrons. The highest BCUT2D eigenvalue weighted by Gasteiger charge is 2.12. The molecule has 0 aliphatic rings. The van der Waals surface area contributed by atoms with Crippen LogP contribution in [0, 0.1) is 20.8 Å². The van der Waals surface area contributed by atoms with Crippen LogP contribution in [0.2, 0.25) is 5.02 Å². The lowest BCUT2D eigenvalue weighted by molar-refractivity contribution is 0.477. The summed E-state index contributed by atoms with van der Waals surface area (Å²) in [5.74, 6) is 1.35. The van der Waals surface area contributed by atoms with E-state index in [1.807, 2.05) is 19.9 Å². The highest BCUT2D eigenvalue weighted by atomic mass is 35.5. The van der Waals surface area contributed by atoms with Crippen LogP contribution in [0.5, 0.6) is 11.5 Å². The summed E-state index contributed by atoms with van der Waals surface area (Å²) >= 11 is 6.12. The monoisotopic (exact) mass is 261 g/mol. The zero-order chi connectivity index (χ0) is 13.3. The van der Waals surface area contributed by atoms with E-state index in [4.69, 9.17) is 22.1 Å². The third kappa shape index (κ3) is 2.29. The summed E-state index contributed by atoms with van der Waals surface area (Å²) < 4.78 is 5.93. The summed E-state index contributed by atoms with van der Waals surface area (Å²) in [7, 11) is 0. The molecule has 2 aromatic rings. The van der Waals surface area contributed by atoms with Crippen LogP contribution >= 0.6 is 11.6 Å². The lowest BCUT2D eigenvalue weighted by Gasteiger charge is -2.15. The number of nitrogen functional groups attached to an aromatic ring is 1. The Labute approximate surface area is 112 Å². The highest BCUT2D eigenvalue weighted by Crippen LogP contribution is 2.37. The molecule has 0 spiro atoms. The molecule has 0 fully saturated rings. The Morgan fingerprint density at radius 1 is 0.944 bits per heavy atom. The van der Waals surface area contributed by atoms with E-state index in [9.17, 15) is 0 Å². The van der Waals surface area contributed by atoms with Gasteiger partial charge in [0.1, 0.15) is 5.75 Å². The molecule has 0 saturated heterocycles. The van der Waals surface area contributed by atoms with Gasteiger partial charge in [-0.25, -0.2) is 0 Å². The van der Waals surface area contributed by atoms with Crippen LogP contribution in [-0.2, 0) is 0 Å². The van der Waals surface area contributed by atoms with E-state index in [0.717, 1.165) is 16.9 Å². The molecule has 0 aromatic heterocycles. The Morgan fingerprint density at radius 3 is 2.28 bits per heavy atom. The number of ether oxygens (including phenoxy) is 1. The van der Waals surface area contributed by atoms with Crippen LogP contribution in [0.15, 0.2) is 30.3 Å². The van der Waals surface area contributed by atoms with Gasteiger partial charge in [0.05, 0.1) is 10.7 Å². The molecular weight excluding hydrogens is 246 g/mol. The van der Waals surface area contributed by atoms with E-state index in [1.165, 1.54) is 5.56 Å². The van der Waals surface area contributed by atoms with Crippen molar-refractivity contribution in [2.45, 2.75) is 20.8 Å².